The Morgan fingerprint density at radius 3 is 2.92 bits per heavy atom. The Kier molecular flexibility index (Phi) is 4.92. The van der Waals surface area contributed by atoms with E-state index in [4.69, 9.17) is 4.98 Å². The Morgan fingerprint density at radius 2 is 2.12 bits per heavy atom. The first-order chi connectivity index (χ1) is 12.7. The first-order valence-electron chi connectivity index (χ1n) is 8.74. The quantitative estimate of drug-likeness (QED) is 0.742. The van der Waals surface area contributed by atoms with E-state index < -0.39 is 0 Å². The Balaban J connectivity index is 1.63. The maximum Gasteiger partial charge on any atom is 0.221 e. The zero-order chi connectivity index (χ0) is 17.9. The minimum Gasteiger partial charge on any atom is -0.326 e. The highest BCUT2D eigenvalue weighted by molar-refractivity contribution is 7.21. The molecule has 3 heterocycles. The highest BCUT2D eigenvalue weighted by atomic mass is 32.1. The van der Waals surface area contributed by atoms with E-state index in [9.17, 15) is 4.79 Å². The van der Waals surface area contributed by atoms with E-state index >= 15 is 0 Å². The Labute approximate surface area is 156 Å². The van der Waals surface area contributed by atoms with Crippen LogP contribution in [0.25, 0.3) is 20.9 Å². The topological polar surface area (TPSA) is 70.2 Å². The van der Waals surface area contributed by atoms with Crippen molar-refractivity contribution in [3.63, 3.8) is 0 Å². The number of piperazine rings is 1. The molecule has 1 amide bonds. The van der Waals surface area contributed by atoms with Crippen LogP contribution in [0.15, 0.2) is 36.5 Å². The van der Waals surface area contributed by atoms with Crippen LogP contribution in [0.1, 0.15) is 12.5 Å². The van der Waals surface area contributed by atoms with Crippen LogP contribution >= 0.6 is 11.3 Å². The molecule has 134 valence electrons. The van der Waals surface area contributed by atoms with Crippen molar-refractivity contribution in [2.45, 2.75) is 13.5 Å². The minimum absolute atomic E-state index is 0.0880. The van der Waals surface area contributed by atoms with Crippen LogP contribution < -0.4 is 10.6 Å². The number of hydrogen-bond acceptors (Lipinski definition) is 6. The maximum absolute atomic E-state index is 11.5. The van der Waals surface area contributed by atoms with Crippen LogP contribution in [0.3, 0.4) is 0 Å². The molecule has 1 saturated heterocycles. The molecule has 0 atom stereocenters. The predicted molar refractivity (Wildman–Crippen MR) is 105 cm³/mol. The molecular weight excluding hydrogens is 346 g/mol. The third-order valence-corrected chi connectivity index (χ3v) is 5.40. The molecule has 6 nitrogen and oxygen atoms in total. The number of rotatable bonds is 4. The van der Waals surface area contributed by atoms with Crippen LogP contribution in [-0.2, 0) is 11.3 Å². The van der Waals surface area contributed by atoms with Gasteiger partial charge < -0.3 is 10.6 Å². The van der Waals surface area contributed by atoms with Gasteiger partial charge >= 0.3 is 0 Å². The van der Waals surface area contributed by atoms with Gasteiger partial charge in [-0.1, -0.05) is 23.5 Å². The molecule has 0 bridgehead atoms. The van der Waals surface area contributed by atoms with Crippen LogP contribution in [-0.4, -0.2) is 47.0 Å². The number of pyridine rings is 1. The molecule has 26 heavy (non-hydrogen) atoms. The molecule has 1 aliphatic heterocycles. The summed E-state index contributed by atoms with van der Waals surface area (Å²) in [6, 6.07) is 9.87. The molecule has 0 spiro atoms. The second-order valence-electron chi connectivity index (χ2n) is 6.44. The fraction of sp³-hybridized carbons (Fsp3) is 0.316. The number of amides is 1. The van der Waals surface area contributed by atoms with Crippen molar-refractivity contribution in [1.29, 1.82) is 0 Å². The lowest BCUT2D eigenvalue weighted by Crippen LogP contribution is -2.42. The van der Waals surface area contributed by atoms with E-state index in [1.165, 1.54) is 12.5 Å². The Morgan fingerprint density at radius 1 is 1.31 bits per heavy atom. The molecule has 2 N–H and O–H groups in total. The van der Waals surface area contributed by atoms with Gasteiger partial charge in [0.2, 0.25) is 5.91 Å². The third kappa shape index (κ3) is 3.75. The summed E-state index contributed by atoms with van der Waals surface area (Å²) in [7, 11) is 0. The monoisotopic (exact) mass is 367 g/mol. The van der Waals surface area contributed by atoms with Gasteiger partial charge in [-0.2, -0.15) is 0 Å². The number of carbonyl (C=O) groups is 1. The van der Waals surface area contributed by atoms with Crippen molar-refractivity contribution >= 4 is 33.3 Å². The molecule has 0 aliphatic carbocycles. The van der Waals surface area contributed by atoms with E-state index in [1.54, 1.807) is 11.3 Å². The third-order valence-electron chi connectivity index (χ3n) is 4.39. The van der Waals surface area contributed by atoms with Gasteiger partial charge in [0.15, 0.2) is 0 Å². The molecule has 2 aromatic heterocycles. The number of nitrogens with zero attached hydrogens (tertiary/aromatic N) is 3. The van der Waals surface area contributed by atoms with Crippen molar-refractivity contribution in [3.05, 3.63) is 42.1 Å². The number of thiazole rings is 1. The molecule has 1 aromatic carbocycles. The van der Waals surface area contributed by atoms with Crippen LogP contribution in [0.4, 0.5) is 5.69 Å². The number of hydrogen-bond donors (Lipinski definition) is 2. The zero-order valence-corrected chi connectivity index (χ0v) is 15.5. The summed E-state index contributed by atoms with van der Waals surface area (Å²) in [6.45, 7) is 6.61. The fourth-order valence-electron chi connectivity index (χ4n) is 3.16. The highest BCUT2D eigenvalue weighted by Gasteiger charge is 2.14. The number of anilines is 1. The first kappa shape index (κ1) is 17.1. The molecule has 4 rings (SSSR count). The average Bonchev–Trinajstić information content (AvgIpc) is 3.05. The van der Waals surface area contributed by atoms with E-state index in [0.717, 1.165) is 59.3 Å². The summed E-state index contributed by atoms with van der Waals surface area (Å²) in [4.78, 5) is 24.2. The van der Waals surface area contributed by atoms with Gasteiger partial charge in [0, 0.05) is 51.4 Å². The van der Waals surface area contributed by atoms with Gasteiger partial charge in [-0.25, -0.2) is 9.97 Å². The number of benzene rings is 1. The van der Waals surface area contributed by atoms with E-state index in [-0.39, 0.29) is 5.91 Å². The number of para-hydroxylation sites is 1. The second-order valence-corrected chi connectivity index (χ2v) is 7.42. The lowest BCUT2D eigenvalue weighted by molar-refractivity contribution is -0.114. The number of nitrogens with one attached hydrogen (secondary N) is 2. The average molecular weight is 367 g/mol. The van der Waals surface area contributed by atoms with E-state index in [2.05, 4.69) is 26.6 Å². The predicted octanol–water partition coefficient (Wildman–Crippen LogP) is 2.72. The van der Waals surface area contributed by atoms with E-state index in [1.807, 2.05) is 30.5 Å². The normalized spacial score (nSPS) is 15.3. The number of carbonyl (C=O) groups excluding carboxylic acids is 1. The van der Waals surface area contributed by atoms with Crippen molar-refractivity contribution in [3.8, 4) is 10.6 Å². The van der Waals surface area contributed by atoms with Crippen LogP contribution in [0.2, 0.25) is 0 Å². The van der Waals surface area contributed by atoms with Gasteiger partial charge in [0.1, 0.15) is 15.4 Å². The molecular formula is C19H21N5OS. The standard InChI is InChI=1S/C19H21N5OS/c1-13(25)22-16-5-3-2-4-15(16)18-23-17-10-14(11-21-19(17)26-18)12-24-8-6-20-7-9-24/h2-5,10-11,20H,6-9,12H2,1H3,(H,22,25). The zero-order valence-electron chi connectivity index (χ0n) is 14.7. The summed E-state index contributed by atoms with van der Waals surface area (Å²) in [5, 5.41) is 7.12. The first-order valence-corrected chi connectivity index (χ1v) is 9.56. The van der Waals surface area contributed by atoms with Crippen molar-refractivity contribution < 1.29 is 4.79 Å². The molecule has 3 aromatic rings. The number of fused-ring (bicyclic) bond motifs is 1. The molecule has 1 aliphatic rings. The summed E-state index contributed by atoms with van der Waals surface area (Å²) in [5.74, 6) is -0.0880. The summed E-state index contributed by atoms with van der Waals surface area (Å²) < 4.78 is 0. The molecule has 7 heteroatoms. The smallest absolute Gasteiger partial charge is 0.221 e. The largest absolute Gasteiger partial charge is 0.326 e. The highest BCUT2D eigenvalue weighted by Crippen LogP contribution is 2.34. The molecule has 0 radical (unpaired) electrons. The van der Waals surface area contributed by atoms with Crippen molar-refractivity contribution in [2.24, 2.45) is 0 Å². The lowest BCUT2D eigenvalue weighted by atomic mass is 10.2. The summed E-state index contributed by atoms with van der Waals surface area (Å²) >= 11 is 1.55. The van der Waals surface area contributed by atoms with Crippen LogP contribution in [0, 0.1) is 0 Å². The van der Waals surface area contributed by atoms with Gasteiger partial charge in [-0.05, 0) is 23.8 Å². The van der Waals surface area contributed by atoms with Gasteiger partial charge in [-0.15, -0.1) is 0 Å². The summed E-state index contributed by atoms with van der Waals surface area (Å²) in [5.41, 5.74) is 3.80. The van der Waals surface area contributed by atoms with Crippen LogP contribution in [0.5, 0.6) is 0 Å². The Bertz CT molecular complexity index is 933. The maximum atomic E-state index is 11.5. The van der Waals surface area contributed by atoms with E-state index in [0.29, 0.717) is 0 Å². The van der Waals surface area contributed by atoms with Crippen molar-refractivity contribution in [1.82, 2.24) is 20.2 Å². The number of aromatic nitrogens is 2. The fourth-order valence-corrected chi connectivity index (χ4v) is 4.09. The Hall–Kier alpha value is -2.35. The van der Waals surface area contributed by atoms with Gasteiger partial charge in [-0.3, -0.25) is 9.69 Å². The molecule has 0 unspecified atom stereocenters. The SMILES string of the molecule is CC(=O)Nc1ccccc1-c1nc2cc(CN3CCNCC3)cnc2s1. The second kappa shape index (κ2) is 7.49. The van der Waals surface area contributed by atoms with Crippen molar-refractivity contribution in [2.75, 3.05) is 31.5 Å². The molecule has 1 fully saturated rings. The van der Waals surface area contributed by atoms with Gasteiger partial charge in [0.05, 0.1) is 5.69 Å². The minimum atomic E-state index is -0.0880. The van der Waals surface area contributed by atoms with Gasteiger partial charge in [0.25, 0.3) is 0 Å². The molecule has 0 saturated carbocycles. The lowest BCUT2D eigenvalue weighted by Gasteiger charge is -2.26. The summed E-state index contributed by atoms with van der Waals surface area (Å²) in [6.07, 6.45) is 1.95.